The molecule has 1 atom stereocenters. The number of hydrogen-bond donors (Lipinski definition) is 3. The highest BCUT2D eigenvalue weighted by Crippen LogP contribution is 2.18. The van der Waals surface area contributed by atoms with Crippen LogP contribution in [0.15, 0.2) is 24.3 Å². The Bertz CT molecular complexity index is 656. The highest BCUT2D eigenvalue weighted by molar-refractivity contribution is 7.91. The monoisotopic (exact) mass is 312 g/mol. The molecule has 1 aliphatic rings. The summed E-state index contributed by atoms with van der Waals surface area (Å²) in [5.41, 5.74) is 0.192. The van der Waals surface area contributed by atoms with E-state index in [0.29, 0.717) is 6.42 Å². The fraction of sp³-hybridized carbons (Fsp3) is 0.385. The first-order valence-electron chi connectivity index (χ1n) is 6.45. The zero-order valence-corrected chi connectivity index (χ0v) is 12.0. The molecule has 0 saturated carbocycles. The van der Waals surface area contributed by atoms with Gasteiger partial charge in [0, 0.05) is 6.54 Å². The fourth-order valence-electron chi connectivity index (χ4n) is 2.22. The van der Waals surface area contributed by atoms with Crippen LogP contribution in [0.4, 0.5) is 10.5 Å². The third-order valence-electron chi connectivity index (χ3n) is 3.28. The number of anilines is 1. The number of aromatic carboxylic acids is 1. The van der Waals surface area contributed by atoms with Crippen molar-refractivity contribution < 1.29 is 23.1 Å². The molecule has 114 valence electrons. The number of carbonyl (C=O) groups is 2. The number of amides is 2. The molecule has 1 fully saturated rings. The van der Waals surface area contributed by atoms with Gasteiger partial charge in [0.25, 0.3) is 0 Å². The van der Waals surface area contributed by atoms with E-state index in [0.717, 1.165) is 0 Å². The normalized spacial score (nSPS) is 19.9. The summed E-state index contributed by atoms with van der Waals surface area (Å²) in [6.07, 6.45) is 0.536. The first-order valence-corrected chi connectivity index (χ1v) is 8.27. The van der Waals surface area contributed by atoms with Gasteiger partial charge in [-0.25, -0.2) is 18.0 Å². The predicted molar refractivity (Wildman–Crippen MR) is 77.2 cm³/mol. The Hall–Kier alpha value is -2.09. The van der Waals surface area contributed by atoms with Crippen molar-refractivity contribution in [3.63, 3.8) is 0 Å². The summed E-state index contributed by atoms with van der Waals surface area (Å²) in [4.78, 5) is 22.7. The molecule has 1 aromatic rings. The van der Waals surface area contributed by atoms with E-state index >= 15 is 0 Å². The molecule has 0 spiro atoms. The molecule has 1 aromatic carbocycles. The molecule has 0 radical (unpaired) electrons. The summed E-state index contributed by atoms with van der Waals surface area (Å²) < 4.78 is 22.6. The van der Waals surface area contributed by atoms with E-state index in [2.05, 4.69) is 10.6 Å². The maximum atomic E-state index is 11.7. The Morgan fingerprint density at radius 1 is 1.29 bits per heavy atom. The predicted octanol–water partition coefficient (Wildman–Crippen LogP) is 0.941. The van der Waals surface area contributed by atoms with Crippen LogP contribution < -0.4 is 10.6 Å². The van der Waals surface area contributed by atoms with Crippen LogP contribution in [-0.4, -0.2) is 43.6 Å². The summed E-state index contributed by atoms with van der Waals surface area (Å²) in [7, 11) is -2.97. The number of urea groups is 1. The summed E-state index contributed by atoms with van der Waals surface area (Å²) >= 11 is 0. The molecule has 0 aromatic heterocycles. The first kappa shape index (κ1) is 15.3. The molecule has 0 bridgehead atoms. The van der Waals surface area contributed by atoms with Gasteiger partial charge in [-0.15, -0.1) is 0 Å². The minimum atomic E-state index is -2.97. The van der Waals surface area contributed by atoms with Gasteiger partial charge in [0.2, 0.25) is 0 Å². The Kier molecular flexibility index (Phi) is 4.46. The summed E-state index contributed by atoms with van der Waals surface area (Å²) in [6, 6.07) is 5.51. The summed E-state index contributed by atoms with van der Waals surface area (Å²) in [5.74, 6) is -0.981. The molecular formula is C13H16N2O5S. The second kappa shape index (κ2) is 6.13. The third kappa shape index (κ3) is 4.19. The molecule has 1 saturated heterocycles. The van der Waals surface area contributed by atoms with Gasteiger partial charge in [-0.2, -0.15) is 0 Å². The van der Waals surface area contributed by atoms with Crippen LogP contribution in [0, 0.1) is 5.92 Å². The van der Waals surface area contributed by atoms with Crippen LogP contribution in [0.25, 0.3) is 0 Å². The summed E-state index contributed by atoms with van der Waals surface area (Å²) in [5, 5.41) is 14.0. The van der Waals surface area contributed by atoms with Gasteiger partial charge in [0.15, 0.2) is 9.84 Å². The standard InChI is InChI=1S/C13H16N2O5S/c16-12(17)10-3-1-2-4-11(10)15-13(18)14-7-9-5-6-21(19,20)8-9/h1-4,9H,5-8H2,(H,16,17)(H2,14,15,18). The first-order chi connectivity index (χ1) is 9.87. The van der Waals surface area contributed by atoms with Gasteiger partial charge in [-0.3, -0.25) is 0 Å². The topological polar surface area (TPSA) is 113 Å². The maximum absolute atomic E-state index is 11.7. The highest BCUT2D eigenvalue weighted by atomic mass is 32.2. The van der Waals surface area contributed by atoms with Crippen molar-refractivity contribution in [2.75, 3.05) is 23.4 Å². The molecular weight excluding hydrogens is 296 g/mol. The number of carboxylic acid groups (broad SMARTS) is 1. The number of para-hydroxylation sites is 1. The molecule has 2 amide bonds. The largest absolute Gasteiger partial charge is 0.478 e. The van der Waals surface area contributed by atoms with E-state index in [1.807, 2.05) is 0 Å². The second-order valence-corrected chi connectivity index (χ2v) is 7.18. The molecule has 3 N–H and O–H groups in total. The van der Waals surface area contributed by atoms with Gasteiger partial charge in [-0.1, -0.05) is 12.1 Å². The van der Waals surface area contributed by atoms with Gasteiger partial charge in [0.05, 0.1) is 22.8 Å². The average Bonchev–Trinajstić information content (AvgIpc) is 2.76. The number of nitrogens with one attached hydrogen (secondary N) is 2. The van der Waals surface area contributed by atoms with Crippen molar-refractivity contribution in [3.05, 3.63) is 29.8 Å². The van der Waals surface area contributed by atoms with Crippen molar-refractivity contribution in [2.24, 2.45) is 5.92 Å². The van der Waals surface area contributed by atoms with Crippen molar-refractivity contribution in [1.82, 2.24) is 5.32 Å². The molecule has 21 heavy (non-hydrogen) atoms. The number of carbonyl (C=O) groups excluding carboxylic acids is 1. The lowest BCUT2D eigenvalue weighted by Gasteiger charge is -2.12. The van der Waals surface area contributed by atoms with E-state index in [1.165, 1.54) is 12.1 Å². The zero-order chi connectivity index (χ0) is 15.5. The van der Waals surface area contributed by atoms with Crippen LogP contribution in [-0.2, 0) is 9.84 Å². The van der Waals surface area contributed by atoms with Gasteiger partial charge < -0.3 is 15.7 Å². The van der Waals surface area contributed by atoms with Crippen molar-refractivity contribution >= 4 is 27.5 Å². The van der Waals surface area contributed by atoms with Crippen molar-refractivity contribution in [1.29, 1.82) is 0 Å². The Morgan fingerprint density at radius 3 is 2.62 bits per heavy atom. The van der Waals surface area contributed by atoms with E-state index < -0.39 is 21.8 Å². The van der Waals surface area contributed by atoms with E-state index in [9.17, 15) is 18.0 Å². The Balaban J connectivity index is 1.90. The number of carboxylic acids is 1. The number of sulfone groups is 1. The van der Waals surface area contributed by atoms with E-state index in [4.69, 9.17) is 5.11 Å². The lowest BCUT2D eigenvalue weighted by atomic mass is 10.1. The molecule has 8 heteroatoms. The number of rotatable bonds is 4. The molecule has 0 aliphatic carbocycles. The number of benzene rings is 1. The Labute approximate surface area is 122 Å². The third-order valence-corrected chi connectivity index (χ3v) is 5.12. The fourth-order valence-corrected chi connectivity index (χ4v) is 4.08. The van der Waals surface area contributed by atoms with Crippen LogP contribution in [0.1, 0.15) is 16.8 Å². The smallest absolute Gasteiger partial charge is 0.337 e. The van der Waals surface area contributed by atoms with Crippen molar-refractivity contribution in [2.45, 2.75) is 6.42 Å². The minimum absolute atomic E-state index is 0.00362. The molecule has 7 nitrogen and oxygen atoms in total. The molecule has 1 heterocycles. The average molecular weight is 312 g/mol. The second-order valence-electron chi connectivity index (χ2n) is 4.95. The maximum Gasteiger partial charge on any atom is 0.337 e. The number of hydrogen-bond acceptors (Lipinski definition) is 4. The van der Waals surface area contributed by atoms with E-state index in [-0.39, 0.29) is 35.2 Å². The zero-order valence-electron chi connectivity index (χ0n) is 11.2. The summed E-state index contributed by atoms with van der Waals surface area (Å²) in [6.45, 7) is 0.250. The molecule has 2 rings (SSSR count). The molecule has 1 unspecified atom stereocenters. The minimum Gasteiger partial charge on any atom is -0.478 e. The van der Waals surface area contributed by atoms with Crippen LogP contribution in [0.3, 0.4) is 0 Å². The lowest BCUT2D eigenvalue weighted by molar-refractivity contribution is 0.0698. The quantitative estimate of drug-likeness (QED) is 0.766. The van der Waals surface area contributed by atoms with Gasteiger partial charge >= 0.3 is 12.0 Å². The SMILES string of the molecule is O=C(NCC1CCS(=O)(=O)C1)Nc1ccccc1C(=O)O. The highest BCUT2D eigenvalue weighted by Gasteiger charge is 2.27. The van der Waals surface area contributed by atoms with Gasteiger partial charge in [0.1, 0.15) is 0 Å². The van der Waals surface area contributed by atoms with E-state index in [1.54, 1.807) is 12.1 Å². The van der Waals surface area contributed by atoms with Gasteiger partial charge in [-0.05, 0) is 24.5 Å². The molecule has 1 aliphatic heterocycles. The van der Waals surface area contributed by atoms with Crippen LogP contribution in [0.5, 0.6) is 0 Å². The van der Waals surface area contributed by atoms with Crippen molar-refractivity contribution in [3.8, 4) is 0 Å². The lowest BCUT2D eigenvalue weighted by Crippen LogP contribution is -2.33. The van der Waals surface area contributed by atoms with Crippen LogP contribution in [0.2, 0.25) is 0 Å². The van der Waals surface area contributed by atoms with Crippen LogP contribution >= 0.6 is 0 Å². The Morgan fingerprint density at radius 2 is 2.00 bits per heavy atom.